The van der Waals surface area contributed by atoms with Crippen molar-refractivity contribution in [1.82, 2.24) is 0 Å². The van der Waals surface area contributed by atoms with Crippen molar-refractivity contribution in [3.05, 3.63) is 35.4 Å². The Morgan fingerprint density at radius 1 is 1.33 bits per heavy atom. The van der Waals surface area contributed by atoms with Gasteiger partial charge in [0.05, 0.1) is 17.2 Å². The first kappa shape index (κ1) is 14.7. The normalized spacial score (nSPS) is 16.1. The van der Waals surface area contributed by atoms with Crippen LogP contribution in [0.1, 0.15) is 51.7 Å². The summed E-state index contributed by atoms with van der Waals surface area (Å²) in [6, 6.07) is 9.38. The summed E-state index contributed by atoms with van der Waals surface area (Å²) in [4.78, 5) is 0. The minimum atomic E-state index is -0.860. The van der Waals surface area contributed by atoms with Crippen LogP contribution in [0.5, 0.6) is 0 Å². The molecule has 2 heteroatoms. The van der Waals surface area contributed by atoms with Crippen molar-refractivity contribution < 1.29 is 5.11 Å². The number of nitriles is 1. The van der Waals surface area contributed by atoms with E-state index >= 15 is 0 Å². The third-order valence-electron chi connectivity index (χ3n) is 3.23. The molecule has 0 heterocycles. The highest BCUT2D eigenvalue weighted by atomic mass is 16.3. The van der Waals surface area contributed by atoms with Crippen LogP contribution in [0.25, 0.3) is 0 Å². The first-order valence-electron chi connectivity index (χ1n) is 6.58. The van der Waals surface area contributed by atoms with E-state index in [0.717, 1.165) is 18.4 Å². The van der Waals surface area contributed by atoms with E-state index in [-0.39, 0.29) is 0 Å². The molecule has 0 saturated carbocycles. The van der Waals surface area contributed by atoms with E-state index in [0.29, 0.717) is 17.4 Å². The van der Waals surface area contributed by atoms with Gasteiger partial charge < -0.3 is 5.11 Å². The van der Waals surface area contributed by atoms with E-state index in [4.69, 9.17) is 5.26 Å². The molecule has 1 rings (SSSR count). The maximum atomic E-state index is 10.6. The van der Waals surface area contributed by atoms with Gasteiger partial charge in [0.2, 0.25) is 0 Å². The third kappa shape index (κ3) is 4.16. The van der Waals surface area contributed by atoms with E-state index in [1.165, 1.54) is 0 Å². The molecule has 0 bridgehead atoms. The summed E-state index contributed by atoms with van der Waals surface area (Å²) in [6.45, 7) is 8.39. The highest BCUT2D eigenvalue weighted by Gasteiger charge is 2.26. The van der Waals surface area contributed by atoms with Crippen molar-refractivity contribution in [3.8, 4) is 6.07 Å². The molecule has 0 aliphatic rings. The van der Waals surface area contributed by atoms with Crippen LogP contribution in [0.15, 0.2) is 24.3 Å². The first-order valence-corrected chi connectivity index (χ1v) is 6.58. The van der Waals surface area contributed by atoms with Gasteiger partial charge in [-0.2, -0.15) is 5.26 Å². The van der Waals surface area contributed by atoms with Crippen LogP contribution in [0, 0.1) is 23.2 Å². The van der Waals surface area contributed by atoms with Crippen molar-refractivity contribution in [1.29, 1.82) is 5.26 Å². The Kier molecular flexibility index (Phi) is 4.93. The van der Waals surface area contributed by atoms with Gasteiger partial charge in [0.25, 0.3) is 0 Å². The summed E-state index contributed by atoms with van der Waals surface area (Å²) < 4.78 is 0. The number of nitrogens with zero attached hydrogens (tertiary/aromatic N) is 1. The molecule has 1 aromatic rings. The van der Waals surface area contributed by atoms with Crippen molar-refractivity contribution >= 4 is 0 Å². The molecule has 0 amide bonds. The predicted octanol–water partition coefficient (Wildman–Crippen LogP) is 3.84. The van der Waals surface area contributed by atoms with Crippen LogP contribution < -0.4 is 0 Å². The van der Waals surface area contributed by atoms with Gasteiger partial charge in [-0.3, -0.25) is 0 Å². The van der Waals surface area contributed by atoms with Crippen molar-refractivity contribution in [2.24, 2.45) is 11.8 Å². The van der Waals surface area contributed by atoms with Crippen LogP contribution in [0.3, 0.4) is 0 Å². The first-order chi connectivity index (χ1) is 8.35. The zero-order valence-corrected chi connectivity index (χ0v) is 11.8. The Morgan fingerprint density at radius 3 is 2.56 bits per heavy atom. The van der Waals surface area contributed by atoms with Crippen molar-refractivity contribution in [2.45, 2.75) is 46.1 Å². The second kappa shape index (κ2) is 6.02. The van der Waals surface area contributed by atoms with Crippen LogP contribution in [0.2, 0.25) is 0 Å². The summed E-state index contributed by atoms with van der Waals surface area (Å²) in [6.07, 6.45) is 1.83. The fourth-order valence-corrected chi connectivity index (χ4v) is 2.61. The lowest BCUT2D eigenvalue weighted by molar-refractivity contribution is 0.0295. The lowest BCUT2D eigenvalue weighted by atomic mass is 9.83. The lowest BCUT2D eigenvalue weighted by Crippen LogP contribution is -2.24. The molecule has 1 N–H and O–H groups in total. The standard InChI is InChI=1S/C16H23NO/c1-12(2)8-13(3)10-16(4,18)15-7-5-6-14(9-15)11-17/h5-7,9,12-13,18H,8,10H2,1-4H3. The quantitative estimate of drug-likeness (QED) is 0.856. The predicted molar refractivity (Wildman–Crippen MR) is 74.0 cm³/mol. The van der Waals surface area contributed by atoms with Crippen LogP contribution in [-0.4, -0.2) is 5.11 Å². The molecule has 0 aromatic heterocycles. The molecule has 2 atom stereocenters. The van der Waals surface area contributed by atoms with E-state index in [1.54, 1.807) is 12.1 Å². The van der Waals surface area contributed by atoms with Gasteiger partial charge in [-0.1, -0.05) is 32.9 Å². The molecular weight excluding hydrogens is 222 g/mol. The zero-order chi connectivity index (χ0) is 13.8. The van der Waals surface area contributed by atoms with E-state index < -0.39 is 5.60 Å². The molecule has 0 saturated heterocycles. The van der Waals surface area contributed by atoms with Crippen LogP contribution in [0.4, 0.5) is 0 Å². The van der Waals surface area contributed by atoms with Gasteiger partial charge in [0, 0.05) is 0 Å². The van der Waals surface area contributed by atoms with Crippen molar-refractivity contribution in [3.63, 3.8) is 0 Å². The van der Waals surface area contributed by atoms with E-state index in [2.05, 4.69) is 26.8 Å². The second-order valence-corrected chi connectivity index (χ2v) is 5.91. The highest BCUT2D eigenvalue weighted by Crippen LogP contribution is 2.31. The molecule has 2 unspecified atom stereocenters. The van der Waals surface area contributed by atoms with Crippen LogP contribution in [-0.2, 0) is 5.60 Å². The minimum Gasteiger partial charge on any atom is -0.385 e. The lowest BCUT2D eigenvalue weighted by Gasteiger charge is -2.28. The van der Waals surface area contributed by atoms with Gasteiger partial charge in [-0.15, -0.1) is 0 Å². The summed E-state index contributed by atoms with van der Waals surface area (Å²) in [5, 5.41) is 19.5. The van der Waals surface area contributed by atoms with Crippen LogP contribution >= 0.6 is 0 Å². The number of rotatable bonds is 5. The number of hydrogen-bond acceptors (Lipinski definition) is 2. The summed E-state index contributed by atoms with van der Waals surface area (Å²) >= 11 is 0. The largest absolute Gasteiger partial charge is 0.385 e. The molecule has 0 radical (unpaired) electrons. The molecular formula is C16H23NO. The molecule has 0 spiro atoms. The molecule has 0 aliphatic carbocycles. The average molecular weight is 245 g/mol. The Labute approximate surface area is 110 Å². The summed E-state index contributed by atoms with van der Waals surface area (Å²) in [7, 11) is 0. The monoisotopic (exact) mass is 245 g/mol. The number of benzene rings is 1. The number of hydrogen-bond donors (Lipinski definition) is 1. The van der Waals surface area contributed by atoms with E-state index in [1.807, 2.05) is 19.1 Å². The highest BCUT2D eigenvalue weighted by molar-refractivity contribution is 5.35. The molecule has 2 nitrogen and oxygen atoms in total. The SMILES string of the molecule is CC(C)CC(C)CC(C)(O)c1cccc(C#N)c1. The zero-order valence-electron chi connectivity index (χ0n) is 11.8. The molecule has 0 fully saturated rings. The molecule has 0 aliphatic heterocycles. The minimum absolute atomic E-state index is 0.464. The second-order valence-electron chi connectivity index (χ2n) is 5.91. The fourth-order valence-electron chi connectivity index (χ4n) is 2.61. The van der Waals surface area contributed by atoms with Gasteiger partial charge in [0.15, 0.2) is 0 Å². The summed E-state index contributed by atoms with van der Waals surface area (Å²) in [5.41, 5.74) is 0.572. The topological polar surface area (TPSA) is 44.0 Å². The van der Waals surface area contributed by atoms with Gasteiger partial charge in [-0.25, -0.2) is 0 Å². The van der Waals surface area contributed by atoms with Gasteiger partial charge in [0.1, 0.15) is 0 Å². The smallest absolute Gasteiger partial charge is 0.0991 e. The summed E-state index contributed by atoms with van der Waals surface area (Å²) in [5.74, 6) is 1.10. The Balaban J connectivity index is 2.82. The number of aliphatic hydroxyl groups is 1. The van der Waals surface area contributed by atoms with E-state index in [9.17, 15) is 5.11 Å². The maximum absolute atomic E-state index is 10.6. The molecule has 18 heavy (non-hydrogen) atoms. The Hall–Kier alpha value is -1.33. The van der Waals surface area contributed by atoms with Crippen molar-refractivity contribution in [2.75, 3.05) is 0 Å². The average Bonchev–Trinajstić information content (AvgIpc) is 2.27. The van der Waals surface area contributed by atoms with Gasteiger partial charge >= 0.3 is 0 Å². The Morgan fingerprint density at radius 2 is 2.00 bits per heavy atom. The maximum Gasteiger partial charge on any atom is 0.0991 e. The fraction of sp³-hybridized carbons (Fsp3) is 0.562. The Bertz CT molecular complexity index is 429. The molecule has 98 valence electrons. The van der Waals surface area contributed by atoms with Gasteiger partial charge in [-0.05, 0) is 49.3 Å². The third-order valence-corrected chi connectivity index (χ3v) is 3.23. The molecule has 1 aromatic carbocycles.